The molecule has 0 unspecified atom stereocenters. The van der Waals surface area contributed by atoms with Gasteiger partial charge in [0.05, 0.1) is 12.8 Å². The van der Waals surface area contributed by atoms with Gasteiger partial charge in [0.1, 0.15) is 17.4 Å². The first-order chi connectivity index (χ1) is 9.80. The van der Waals surface area contributed by atoms with Crippen LogP contribution in [0.1, 0.15) is 31.5 Å². The summed E-state index contributed by atoms with van der Waals surface area (Å²) in [5, 5.41) is 3.29. The molecule has 1 heterocycles. The van der Waals surface area contributed by atoms with Crippen LogP contribution in [-0.4, -0.2) is 23.6 Å². The largest absolute Gasteiger partial charge is 0.497 e. The second-order valence-electron chi connectivity index (χ2n) is 5.03. The van der Waals surface area contributed by atoms with Crippen LogP contribution in [0, 0.1) is 0 Å². The standard InChI is InChI=1S/C16H19N3O/c1-3-17-15-10-14(18-16(19-15)12-4-5-12)11-6-8-13(20-2)9-7-11/h6-10,12H,3-5H2,1-2H3,(H,17,18,19). The second kappa shape index (κ2) is 5.49. The molecule has 4 heteroatoms. The normalized spacial score (nSPS) is 14.1. The predicted molar refractivity (Wildman–Crippen MR) is 80.2 cm³/mol. The van der Waals surface area contributed by atoms with Crippen molar-refractivity contribution in [3.8, 4) is 17.0 Å². The number of hydrogen-bond donors (Lipinski definition) is 1. The van der Waals surface area contributed by atoms with Crippen LogP contribution in [0.15, 0.2) is 30.3 Å². The smallest absolute Gasteiger partial charge is 0.134 e. The van der Waals surface area contributed by atoms with Crippen LogP contribution in [0.5, 0.6) is 5.75 Å². The van der Waals surface area contributed by atoms with Crippen molar-refractivity contribution in [2.24, 2.45) is 0 Å². The van der Waals surface area contributed by atoms with E-state index in [1.54, 1.807) is 7.11 Å². The summed E-state index contributed by atoms with van der Waals surface area (Å²) < 4.78 is 5.19. The van der Waals surface area contributed by atoms with Crippen LogP contribution in [0.2, 0.25) is 0 Å². The topological polar surface area (TPSA) is 47.0 Å². The zero-order valence-electron chi connectivity index (χ0n) is 11.9. The van der Waals surface area contributed by atoms with E-state index >= 15 is 0 Å². The maximum atomic E-state index is 5.19. The lowest BCUT2D eigenvalue weighted by Gasteiger charge is -2.09. The summed E-state index contributed by atoms with van der Waals surface area (Å²) in [6.07, 6.45) is 2.41. The summed E-state index contributed by atoms with van der Waals surface area (Å²) >= 11 is 0. The van der Waals surface area contributed by atoms with Crippen LogP contribution >= 0.6 is 0 Å². The monoisotopic (exact) mass is 269 g/mol. The highest BCUT2D eigenvalue weighted by atomic mass is 16.5. The average molecular weight is 269 g/mol. The van der Waals surface area contributed by atoms with Gasteiger partial charge in [-0.05, 0) is 44.0 Å². The average Bonchev–Trinajstić information content (AvgIpc) is 3.32. The van der Waals surface area contributed by atoms with Gasteiger partial charge in [0.25, 0.3) is 0 Å². The molecule has 0 atom stereocenters. The van der Waals surface area contributed by atoms with Gasteiger partial charge < -0.3 is 10.1 Å². The predicted octanol–water partition coefficient (Wildman–Crippen LogP) is 3.46. The van der Waals surface area contributed by atoms with E-state index in [2.05, 4.69) is 17.2 Å². The van der Waals surface area contributed by atoms with Gasteiger partial charge in [-0.2, -0.15) is 0 Å². The van der Waals surface area contributed by atoms with Crippen LogP contribution in [0.3, 0.4) is 0 Å². The fraction of sp³-hybridized carbons (Fsp3) is 0.375. The molecule has 1 fully saturated rings. The zero-order chi connectivity index (χ0) is 13.9. The molecule has 104 valence electrons. The minimum absolute atomic E-state index is 0.547. The Morgan fingerprint density at radius 2 is 1.95 bits per heavy atom. The highest BCUT2D eigenvalue weighted by Gasteiger charge is 2.27. The number of aromatic nitrogens is 2. The van der Waals surface area contributed by atoms with Gasteiger partial charge in [-0.15, -0.1) is 0 Å². The van der Waals surface area contributed by atoms with Crippen molar-refractivity contribution in [1.82, 2.24) is 9.97 Å². The van der Waals surface area contributed by atoms with Crippen molar-refractivity contribution in [3.05, 3.63) is 36.2 Å². The fourth-order valence-corrected chi connectivity index (χ4v) is 2.17. The van der Waals surface area contributed by atoms with E-state index in [4.69, 9.17) is 9.72 Å². The zero-order valence-corrected chi connectivity index (χ0v) is 11.9. The van der Waals surface area contributed by atoms with E-state index in [1.807, 2.05) is 30.3 Å². The van der Waals surface area contributed by atoms with Gasteiger partial charge >= 0.3 is 0 Å². The van der Waals surface area contributed by atoms with Gasteiger partial charge in [-0.1, -0.05) is 0 Å². The Bertz CT molecular complexity index is 591. The molecule has 0 spiro atoms. The second-order valence-corrected chi connectivity index (χ2v) is 5.03. The molecule has 3 rings (SSSR count). The van der Waals surface area contributed by atoms with Gasteiger partial charge in [-0.25, -0.2) is 9.97 Å². The molecule has 1 N–H and O–H groups in total. The van der Waals surface area contributed by atoms with Gasteiger partial charge in [0.2, 0.25) is 0 Å². The summed E-state index contributed by atoms with van der Waals surface area (Å²) in [6, 6.07) is 10.0. The van der Waals surface area contributed by atoms with E-state index in [9.17, 15) is 0 Å². The molecule has 1 aliphatic rings. The molecule has 2 aromatic rings. The Kier molecular flexibility index (Phi) is 3.54. The van der Waals surface area contributed by atoms with Crippen molar-refractivity contribution in [2.45, 2.75) is 25.7 Å². The Labute approximate surface area is 119 Å². The molecule has 1 saturated carbocycles. The van der Waals surface area contributed by atoms with Crippen LogP contribution < -0.4 is 10.1 Å². The molecule has 1 aromatic heterocycles. The fourth-order valence-electron chi connectivity index (χ4n) is 2.17. The van der Waals surface area contributed by atoms with Gasteiger partial charge in [0, 0.05) is 24.1 Å². The van der Waals surface area contributed by atoms with Crippen molar-refractivity contribution in [3.63, 3.8) is 0 Å². The Balaban J connectivity index is 1.97. The number of nitrogens with zero attached hydrogens (tertiary/aromatic N) is 2. The van der Waals surface area contributed by atoms with E-state index < -0.39 is 0 Å². The lowest BCUT2D eigenvalue weighted by molar-refractivity contribution is 0.415. The number of methoxy groups -OCH3 is 1. The maximum Gasteiger partial charge on any atom is 0.134 e. The van der Waals surface area contributed by atoms with Crippen LogP contribution in [-0.2, 0) is 0 Å². The molecular formula is C16H19N3O. The molecule has 1 aromatic carbocycles. The van der Waals surface area contributed by atoms with E-state index in [-0.39, 0.29) is 0 Å². The maximum absolute atomic E-state index is 5.19. The van der Waals surface area contributed by atoms with Crippen LogP contribution in [0.25, 0.3) is 11.3 Å². The number of benzene rings is 1. The van der Waals surface area contributed by atoms with Crippen molar-refractivity contribution >= 4 is 5.82 Å². The van der Waals surface area contributed by atoms with E-state index in [0.717, 1.165) is 35.2 Å². The molecule has 4 nitrogen and oxygen atoms in total. The summed E-state index contributed by atoms with van der Waals surface area (Å²) in [4.78, 5) is 9.31. The van der Waals surface area contributed by atoms with Crippen molar-refractivity contribution in [2.75, 3.05) is 19.0 Å². The number of ether oxygens (including phenoxy) is 1. The van der Waals surface area contributed by atoms with E-state index in [1.165, 1.54) is 12.8 Å². The lowest BCUT2D eigenvalue weighted by Crippen LogP contribution is -2.04. The third-order valence-corrected chi connectivity index (χ3v) is 3.43. The van der Waals surface area contributed by atoms with Gasteiger partial charge in [0.15, 0.2) is 0 Å². The third kappa shape index (κ3) is 2.74. The molecular weight excluding hydrogens is 250 g/mol. The minimum atomic E-state index is 0.547. The van der Waals surface area contributed by atoms with Gasteiger partial charge in [-0.3, -0.25) is 0 Å². The quantitative estimate of drug-likeness (QED) is 0.903. The highest BCUT2D eigenvalue weighted by Crippen LogP contribution is 2.39. The summed E-state index contributed by atoms with van der Waals surface area (Å²) in [5.74, 6) is 3.28. The summed E-state index contributed by atoms with van der Waals surface area (Å²) in [7, 11) is 1.67. The third-order valence-electron chi connectivity index (χ3n) is 3.43. The van der Waals surface area contributed by atoms with Crippen molar-refractivity contribution in [1.29, 1.82) is 0 Å². The van der Waals surface area contributed by atoms with Crippen molar-refractivity contribution < 1.29 is 4.74 Å². The number of nitrogens with one attached hydrogen (secondary N) is 1. The number of hydrogen-bond acceptors (Lipinski definition) is 4. The van der Waals surface area contributed by atoms with Crippen LogP contribution in [0.4, 0.5) is 5.82 Å². The first-order valence-corrected chi connectivity index (χ1v) is 7.07. The SMILES string of the molecule is CCNc1cc(-c2ccc(OC)cc2)nc(C2CC2)n1. The first kappa shape index (κ1) is 12.9. The summed E-state index contributed by atoms with van der Waals surface area (Å²) in [5.41, 5.74) is 2.06. The Hall–Kier alpha value is -2.10. The molecule has 0 bridgehead atoms. The molecule has 0 amide bonds. The number of rotatable bonds is 5. The van der Waals surface area contributed by atoms with E-state index in [0.29, 0.717) is 5.92 Å². The first-order valence-electron chi connectivity index (χ1n) is 7.07. The molecule has 0 radical (unpaired) electrons. The Morgan fingerprint density at radius 1 is 1.20 bits per heavy atom. The summed E-state index contributed by atoms with van der Waals surface area (Å²) in [6.45, 7) is 2.94. The Morgan fingerprint density at radius 3 is 2.55 bits per heavy atom. The minimum Gasteiger partial charge on any atom is -0.497 e. The molecule has 20 heavy (non-hydrogen) atoms. The molecule has 1 aliphatic carbocycles. The molecule has 0 aliphatic heterocycles. The lowest BCUT2D eigenvalue weighted by atomic mass is 10.1. The molecule has 0 saturated heterocycles. The number of anilines is 1. The highest BCUT2D eigenvalue weighted by molar-refractivity contribution is 5.63.